The average Bonchev–Trinajstić information content (AvgIpc) is 2.40. The molecular weight excluding hydrogens is 283 g/mol. The maximum absolute atomic E-state index is 8.53. The Morgan fingerprint density at radius 3 is 2.63 bits per heavy atom. The van der Waals surface area contributed by atoms with Crippen molar-refractivity contribution in [2.75, 3.05) is 37.6 Å². The predicted octanol–water partition coefficient (Wildman–Crippen LogP) is 2.81. The molecule has 0 amide bonds. The Labute approximate surface area is 123 Å². The van der Waals surface area contributed by atoms with E-state index in [1.165, 1.54) is 0 Å². The summed E-state index contributed by atoms with van der Waals surface area (Å²) in [6, 6.07) is 3.90. The van der Waals surface area contributed by atoms with Gasteiger partial charge in [-0.2, -0.15) is 5.26 Å². The summed E-state index contributed by atoms with van der Waals surface area (Å²) in [7, 11) is 0. The maximum Gasteiger partial charge on any atom is 0.147 e. The van der Waals surface area contributed by atoms with Gasteiger partial charge in [-0.25, -0.2) is 4.98 Å². The van der Waals surface area contributed by atoms with Crippen LogP contribution in [0, 0.1) is 11.3 Å². The molecule has 0 atom stereocenters. The molecule has 0 N–H and O–H groups in total. The van der Waals surface area contributed by atoms with Crippen LogP contribution in [0.3, 0.4) is 0 Å². The number of halogens is 2. The van der Waals surface area contributed by atoms with Crippen LogP contribution in [0.2, 0.25) is 10.0 Å². The second-order valence-corrected chi connectivity index (χ2v) is 5.39. The zero-order chi connectivity index (χ0) is 13.7. The first-order valence-corrected chi connectivity index (χ1v) is 7.11. The number of hydrogen-bond donors (Lipinski definition) is 0. The smallest absolute Gasteiger partial charge is 0.147 e. The quantitative estimate of drug-likeness (QED) is 0.802. The van der Waals surface area contributed by atoms with Crippen LogP contribution in [0.5, 0.6) is 0 Å². The monoisotopic (exact) mass is 298 g/mol. The molecule has 0 aromatic carbocycles. The maximum atomic E-state index is 8.53. The molecule has 4 nitrogen and oxygen atoms in total. The van der Waals surface area contributed by atoms with Crippen molar-refractivity contribution in [2.45, 2.75) is 12.8 Å². The van der Waals surface area contributed by atoms with Gasteiger partial charge in [0.2, 0.25) is 0 Å². The number of nitrogens with zero attached hydrogens (tertiary/aromatic N) is 4. The second kappa shape index (κ2) is 6.95. The van der Waals surface area contributed by atoms with Gasteiger partial charge in [-0.3, -0.25) is 4.90 Å². The molecule has 6 heteroatoms. The van der Waals surface area contributed by atoms with E-state index in [0.29, 0.717) is 16.5 Å². The van der Waals surface area contributed by atoms with Crippen LogP contribution < -0.4 is 4.90 Å². The van der Waals surface area contributed by atoms with Gasteiger partial charge in [0.15, 0.2) is 0 Å². The molecule has 1 saturated heterocycles. The Kier molecular flexibility index (Phi) is 5.26. The van der Waals surface area contributed by atoms with Gasteiger partial charge in [-0.15, -0.1) is 0 Å². The Bertz CT molecular complexity index is 464. The summed E-state index contributed by atoms with van der Waals surface area (Å²) in [6.45, 7) is 4.75. The van der Waals surface area contributed by atoms with Crippen LogP contribution >= 0.6 is 23.2 Å². The fourth-order valence-electron chi connectivity index (χ4n) is 2.21. The molecule has 0 saturated carbocycles. The number of anilines is 1. The largest absolute Gasteiger partial charge is 0.353 e. The molecule has 2 rings (SSSR count). The third-order valence-electron chi connectivity index (χ3n) is 3.22. The molecule has 0 bridgehead atoms. The van der Waals surface area contributed by atoms with Crippen molar-refractivity contribution in [1.82, 2.24) is 9.88 Å². The first-order chi connectivity index (χ1) is 9.20. The zero-order valence-corrected chi connectivity index (χ0v) is 12.2. The van der Waals surface area contributed by atoms with Gasteiger partial charge in [0.25, 0.3) is 0 Å². The highest BCUT2D eigenvalue weighted by Gasteiger charge is 2.19. The number of hydrogen-bond acceptors (Lipinski definition) is 4. The molecule has 2 heterocycles. The molecule has 1 fully saturated rings. The summed E-state index contributed by atoms with van der Waals surface area (Å²) in [5.74, 6) is 0.808. The van der Waals surface area contributed by atoms with Crippen LogP contribution in [0.25, 0.3) is 0 Å². The Hall–Kier alpha value is -1.02. The van der Waals surface area contributed by atoms with Crippen LogP contribution in [0.4, 0.5) is 5.82 Å². The molecule has 0 spiro atoms. The van der Waals surface area contributed by atoms with E-state index < -0.39 is 0 Å². The van der Waals surface area contributed by atoms with Crippen molar-refractivity contribution in [3.05, 3.63) is 22.3 Å². The summed E-state index contributed by atoms with van der Waals surface area (Å²) in [6.07, 6.45) is 3.20. The van der Waals surface area contributed by atoms with E-state index in [-0.39, 0.29) is 0 Å². The molecule has 102 valence electrons. The van der Waals surface area contributed by atoms with Crippen molar-refractivity contribution in [2.24, 2.45) is 0 Å². The molecule has 1 aliphatic rings. The highest BCUT2D eigenvalue weighted by molar-refractivity contribution is 6.36. The van der Waals surface area contributed by atoms with Gasteiger partial charge in [-0.1, -0.05) is 23.2 Å². The lowest BCUT2D eigenvalue weighted by atomic mass is 10.2. The highest BCUT2D eigenvalue weighted by atomic mass is 35.5. The van der Waals surface area contributed by atoms with Gasteiger partial charge >= 0.3 is 0 Å². The van der Waals surface area contributed by atoms with E-state index in [4.69, 9.17) is 28.5 Å². The van der Waals surface area contributed by atoms with E-state index >= 15 is 0 Å². The third kappa shape index (κ3) is 3.97. The number of nitriles is 1. The zero-order valence-electron chi connectivity index (χ0n) is 10.6. The van der Waals surface area contributed by atoms with E-state index in [9.17, 15) is 0 Å². The van der Waals surface area contributed by atoms with Crippen LogP contribution in [0.1, 0.15) is 12.8 Å². The fraction of sp³-hybridized carbons (Fsp3) is 0.538. The minimum absolute atomic E-state index is 0.559. The number of pyridine rings is 1. The SMILES string of the molecule is N#CCCCN1CCN(c2ncc(Cl)cc2Cl)CC1. The van der Waals surface area contributed by atoms with Crippen molar-refractivity contribution in [1.29, 1.82) is 5.26 Å². The third-order valence-corrected chi connectivity index (χ3v) is 3.71. The first kappa shape index (κ1) is 14.4. The molecule has 0 aliphatic carbocycles. The lowest BCUT2D eigenvalue weighted by molar-refractivity contribution is 0.255. The van der Waals surface area contributed by atoms with Crippen molar-refractivity contribution in [3.63, 3.8) is 0 Å². The Morgan fingerprint density at radius 2 is 2.00 bits per heavy atom. The molecule has 1 aromatic heterocycles. The van der Waals surface area contributed by atoms with E-state index in [2.05, 4.69) is 20.9 Å². The summed E-state index contributed by atoms with van der Waals surface area (Å²) in [5, 5.41) is 9.69. The minimum Gasteiger partial charge on any atom is -0.353 e. The lowest BCUT2D eigenvalue weighted by Gasteiger charge is -2.35. The second-order valence-electron chi connectivity index (χ2n) is 4.55. The lowest BCUT2D eigenvalue weighted by Crippen LogP contribution is -2.47. The van der Waals surface area contributed by atoms with Gasteiger partial charge in [0, 0.05) is 38.8 Å². The Balaban J connectivity index is 1.87. The normalized spacial score (nSPS) is 16.4. The van der Waals surface area contributed by atoms with Gasteiger partial charge in [0.1, 0.15) is 5.82 Å². The van der Waals surface area contributed by atoms with Gasteiger partial charge in [-0.05, 0) is 19.0 Å². The summed E-state index contributed by atoms with van der Waals surface area (Å²) >= 11 is 12.0. The number of rotatable bonds is 4. The summed E-state index contributed by atoms with van der Waals surface area (Å²) in [5.41, 5.74) is 0. The van der Waals surface area contributed by atoms with Crippen LogP contribution in [-0.4, -0.2) is 42.6 Å². The topological polar surface area (TPSA) is 43.2 Å². The number of aromatic nitrogens is 1. The number of piperazine rings is 1. The molecule has 1 aliphatic heterocycles. The first-order valence-electron chi connectivity index (χ1n) is 6.36. The summed E-state index contributed by atoms with van der Waals surface area (Å²) < 4.78 is 0. The molecule has 0 unspecified atom stereocenters. The standard InChI is InChI=1S/C13H16Cl2N4/c14-11-9-12(15)13(17-10-11)19-7-5-18(6-8-19)4-2-1-3-16/h9-10H,1-2,4-8H2. The van der Waals surface area contributed by atoms with Gasteiger partial charge < -0.3 is 4.90 Å². The van der Waals surface area contributed by atoms with E-state index in [1.54, 1.807) is 12.3 Å². The van der Waals surface area contributed by atoms with E-state index in [1.807, 2.05) is 0 Å². The Morgan fingerprint density at radius 1 is 1.26 bits per heavy atom. The molecular formula is C13H16Cl2N4. The van der Waals surface area contributed by atoms with Crippen LogP contribution in [0.15, 0.2) is 12.3 Å². The highest BCUT2D eigenvalue weighted by Crippen LogP contribution is 2.26. The summed E-state index contributed by atoms with van der Waals surface area (Å²) in [4.78, 5) is 8.86. The molecule has 19 heavy (non-hydrogen) atoms. The minimum atomic E-state index is 0.559. The van der Waals surface area contributed by atoms with Crippen molar-refractivity contribution < 1.29 is 0 Å². The van der Waals surface area contributed by atoms with Crippen molar-refractivity contribution >= 4 is 29.0 Å². The van der Waals surface area contributed by atoms with Crippen molar-refractivity contribution in [3.8, 4) is 6.07 Å². The predicted molar refractivity (Wildman–Crippen MR) is 77.8 cm³/mol. The molecule has 0 radical (unpaired) electrons. The fourth-order valence-corrected chi connectivity index (χ4v) is 2.70. The van der Waals surface area contributed by atoms with Crippen LogP contribution in [-0.2, 0) is 0 Å². The average molecular weight is 299 g/mol. The molecule has 1 aromatic rings. The van der Waals surface area contributed by atoms with E-state index in [0.717, 1.165) is 45.0 Å². The van der Waals surface area contributed by atoms with Gasteiger partial charge in [0.05, 0.1) is 16.1 Å². The number of unbranched alkanes of at least 4 members (excludes halogenated alkanes) is 1.